The quantitative estimate of drug-likeness (QED) is 0.833. The Morgan fingerprint density at radius 2 is 2.16 bits per heavy atom. The average Bonchev–Trinajstić information content (AvgIpc) is 2.88. The molecule has 0 fully saturated rings. The van der Waals surface area contributed by atoms with Crippen molar-refractivity contribution in [3.63, 3.8) is 0 Å². The van der Waals surface area contributed by atoms with Gasteiger partial charge in [-0.3, -0.25) is 4.72 Å². The molecular formula is C12H13NO3S3. The smallest absolute Gasteiger partial charge is 0.262 e. The molecule has 1 heterocycles. The van der Waals surface area contributed by atoms with Gasteiger partial charge in [-0.05, 0) is 30.5 Å². The van der Waals surface area contributed by atoms with E-state index in [1.165, 1.54) is 22.8 Å². The monoisotopic (exact) mass is 315 g/mol. The van der Waals surface area contributed by atoms with E-state index in [1.54, 1.807) is 30.0 Å². The van der Waals surface area contributed by atoms with Gasteiger partial charge in [-0.1, -0.05) is 6.07 Å². The van der Waals surface area contributed by atoms with Gasteiger partial charge < -0.3 is 5.11 Å². The molecule has 4 nitrogen and oxygen atoms in total. The zero-order valence-electron chi connectivity index (χ0n) is 10.2. The van der Waals surface area contributed by atoms with Gasteiger partial charge in [0.15, 0.2) is 0 Å². The van der Waals surface area contributed by atoms with E-state index in [1.807, 2.05) is 12.3 Å². The molecule has 2 N–H and O–H groups in total. The molecular weight excluding hydrogens is 302 g/mol. The molecule has 0 radical (unpaired) electrons. The highest BCUT2D eigenvalue weighted by molar-refractivity contribution is 7.98. The first-order chi connectivity index (χ1) is 9.05. The van der Waals surface area contributed by atoms with Crippen LogP contribution in [0.3, 0.4) is 0 Å². The minimum absolute atomic E-state index is 0.151. The summed E-state index contributed by atoms with van der Waals surface area (Å²) in [6.45, 7) is -0.151. The lowest BCUT2D eigenvalue weighted by Gasteiger charge is -2.07. The van der Waals surface area contributed by atoms with Crippen molar-refractivity contribution in [3.05, 3.63) is 40.6 Å². The minimum Gasteiger partial charge on any atom is -0.391 e. The zero-order valence-corrected chi connectivity index (χ0v) is 12.6. The van der Waals surface area contributed by atoms with Crippen molar-refractivity contribution < 1.29 is 13.5 Å². The van der Waals surface area contributed by atoms with Gasteiger partial charge in [0.05, 0.1) is 11.5 Å². The van der Waals surface area contributed by atoms with Gasteiger partial charge in [0.25, 0.3) is 10.0 Å². The summed E-state index contributed by atoms with van der Waals surface area (Å²) in [5, 5.41) is 10.5. The normalized spacial score (nSPS) is 11.5. The number of benzene rings is 1. The van der Waals surface area contributed by atoms with Crippen LogP contribution in [0.2, 0.25) is 0 Å². The fourth-order valence-corrected chi connectivity index (χ4v) is 4.13. The Morgan fingerprint density at radius 1 is 1.37 bits per heavy atom. The number of aliphatic hydroxyl groups excluding tert-OH is 1. The third-order valence-electron chi connectivity index (χ3n) is 2.42. The molecule has 0 saturated carbocycles. The topological polar surface area (TPSA) is 66.4 Å². The molecule has 1 aromatic heterocycles. The van der Waals surface area contributed by atoms with Crippen molar-refractivity contribution >= 4 is 38.8 Å². The summed E-state index contributed by atoms with van der Waals surface area (Å²) >= 11 is 2.77. The van der Waals surface area contributed by atoms with E-state index in [-0.39, 0.29) is 11.5 Å². The van der Waals surface area contributed by atoms with Crippen molar-refractivity contribution in [1.82, 2.24) is 0 Å². The summed E-state index contributed by atoms with van der Waals surface area (Å²) in [4.78, 5) is 1.79. The van der Waals surface area contributed by atoms with Crippen molar-refractivity contribution in [2.75, 3.05) is 11.0 Å². The van der Waals surface area contributed by atoms with Crippen LogP contribution in [0.5, 0.6) is 0 Å². The molecule has 0 aliphatic rings. The maximum absolute atomic E-state index is 12.1. The third kappa shape index (κ3) is 3.50. The van der Waals surface area contributed by atoms with Crippen LogP contribution in [-0.4, -0.2) is 19.8 Å². The maximum atomic E-state index is 12.1. The van der Waals surface area contributed by atoms with E-state index < -0.39 is 10.0 Å². The minimum atomic E-state index is -3.59. The Hall–Kier alpha value is -1.02. The Kier molecular flexibility index (Phi) is 4.51. The predicted molar refractivity (Wildman–Crippen MR) is 79.3 cm³/mol. The summed E-state index contributed by atoms with van der Waals surface area (Å²) < 4.78 is 26.8. The Morgan fingerprint density at radius 3 is 2.79 bits per heavy atom. The second kappa shape index (κ2) is 5.96. The number of aliphatic hydroxyl groups is 1. The molecule has 0 aliphatic carbocycles. The van der Waals surface area contributed by atoms with Gasteiger partial charge in [-0.15, -0.1) is 23.1 Å². The predicted octanol–water partition coefficient (Wildman–Crippen LogP) is 2.76. The van der Waals surface area contributed by atoms with Crippen molar-refractivity contribution in [2.24, 2.45) is 0 Å². The van der Waals surface area contributed by atoms with E-state index in [0.29, 0.717) is 10.6 Å². The number of anilines is 1. The molecule has 0 aliphatic heterocycles. The lowest BCUT2D eigenvalue weighted by Crippen LogP contribution is -2.12. The SMILES string of the molecule is CSc1cccc(NS(=O)(=O)c2csc(CO)c2)c1. The van der Waals surface area contributed by atoms with E-state index in [2.05, 4.69) is 4.72 Å². The van der Waals surface area contributed by atoms with Crippen LogP contribution in [0, 0.1) is 0 Å². The molecule has 0 amide bonds. The van der Waals surface area contributed by atoms with Crippen molar-refractivity contribution in [1.29, 1.82) is 0 Å². The Labute approximate surface area is 120 Å². The lowest BCUT2D eigenvalue weighted by molar-refractivity contribution is 0.285. The van der Waals surface area contributed by atoms with E-state index in [4.69, 9.17) is 5.11 Å². The van der Waals surface area contributed by atoms with Gasteiger partial charge in [-0.25, -0.2) is 8.42 Å². The molecule has 0 spiro atoms. The molecule has 7 heteroatoms. The summed E-state index contributed by atoms with van der Waals surface area (Å²) in [6.07, 6.45) is 1.93. The first-order valence-electron chi connectivity index (χ1n) is 5.40. The summed E-state index contributed by atoms with van der Waals surface area (Å²) in [5.74, 6) is 0. The number of hydrogen-bond donors (Lipinski definition) is 2. The average molecular weight is 315 g/mol. The molecule has 0 atom stereocenters. The second-order valence-corrected chi connectivity index (χ2v) is 7.30. The van der Waals surface area contributed by atoms with Gasteiger partial charge in [0.2, 0.25) is 0 Å². The lowest BCUT2D eigenvalue weighted by atomic mass is 10.3. The first-order valence-corrected chi connectivity index (χ1v) is 8.99. The highest BCUT2D eigenvalue weighted by Crippen LogP contribution is 2.24. The van der Waals surface area contributed by atoms with Crippen molar-refractivity contribution in [2.45, 2.75) is 16.4 Å². The third-order valence-corrected chi connectivity index (χ3v) is 5.57. The molecule has 2 rings (SSSR count). The van der Waals surface area contributed by atoms with E-state index in [0.717, 1.165) is 4.90 Å². The molecule has 102 valence electrons. The molecule has 0 saturated heterocycles. The van der Waals surface area contributed by atoms with Crippen LogP contribution in [0.15, 0.2) is 45.5 Å². The zero-order chi connectivity index (χ0) is 13.9. The number of nitrogens with one attached hydrogen (secondary N) is 1. The summed E-state index contributed by atoms with van der Waals surface area (Å²) in [5.41, 5.74) is 0.531. The highest BCUT2D eigenvalue weighted by atomic mass is 32.2. The number of sulfonamides is 1. The van der Waals surface area contributed by atoms with Crippen LogP contribution in [-0.2, 0) is 16.6 Å². The fraction of sp³-hybridized carbons (Fsp3) is 0.167. The fourth-order valence-electron chi connectivity index (χ4n) is 1.48. The molecule has 0 bridgehead atoms. The number of rotatable bonds is 5. The van der Waals surface area contributed by atoms with Gasteiger partial charge >= 0.3 is 0 Å². The van der Waals surface area contributed by atoms with Crippen LogP contribution in [0.1, 0.15) is 4.88 Å². The summed E-state index contributed by atoms with van der Waals surface area (Å²) in [6, 6.07) is 8.68. The molecule has 2 aromatic rings. The highest BCUT2D eigenvalue weighted by Gasteiger charge is 2.16. The van der Waals surface area contributed by atoms with Gasteiger partial charge in [0, 0.05) is 20.8 Å². The number of thiophene rings is 1. The van der Waals surface area contributed by atoms with Gasteiger partial charge in [-0.2, -0.15) is 0 Å². The largest absolute Gasteiger partial charge is 0.391 e. The molecule has 19 heavy (non-hydrogen) atoms. The molecule has 0 unspecified atom stereocenters. The molecule has 1 aromatic carbocycles. The van der Waals surface area contributed by atoms with E-state index >= 15 is 0 Å². The summed E-state index contributed by atoms with van der Waals surface area (Å²) in [7, 11) is -3.59. The van der Waals surface area contributed by atoms with Gasteiger partial charge in [0.1, 0.15) is 0 Å². The van der Waals surface area contributed by atoms with Crippen LogP contribution >= 0.6 is 23.1 Å². The van der Waals surface area contributed by atoms with Crippen LogP contribution in [0.4, 0.5) is 5.69 Å². The van der Waals surface area contributed by atoms with Crippen LogP contribution in [0.25, 0.3) is 0 Å². The number of hydrogen-bond acceptors (Lipinski definition) is 5. The second-order valence-electron chi connectivity index (χ2n) is 3.74. The van der Waals surface area contributed by atoms with Crippen molar-refractivity contribution in [3.8, 4) is 0 Å². The first kappa shape index (κ1) is 14.4. The number of thioether (sulfide) groups is 1. The standard InChI is InChI=1S/C12H13NO3S3/c1-17-10-4-2-3-9(5-10)13-19(15,16)12-6-11(7-14)18-8-12/h2-6,8,13-14H,7H2,1H3. The Bertz CT molecular complexity index is 664. The van der Waals surface area contributed by atoms with E-state index in [9.17, 15) is 8.42 Å². The maximum Gasteiger partial charge on any atom is 0.262 e. The Balaban J connectivity index is 2.25. The van der Waals surface area contributed by atoms with Crippen LogP contribution < -0.4 is 4.72 Å².